The molecule has 1 aromatic carbocycles. The fourth-order valence-corrected chi connectivity index (χ4v) is 3.34. The molecule has 0 radical (unpaired) electrons. The van der Waals surface area contributed by atoms with Crippen molar-refractivity contribution in [3.05, 3.63) is 65.5 Å². The highest BCUT2D eigenvalue weighted by Crippen LogP contribution is 2.26. The number of benzene rings is 1. The van der Waals surface area contributed by atoms with Gasteiger partial charge in [-0.25, -0.2) is 0 Å². The topological polar surface area (TPSA) is 45.2 Å². The lowest BCUT2D eigenvalue weighted by Crippen LogP contribution is -2.31. The number of hydrogen-bond acceptors (Lipinski definition) is 3. The van der Waals surface area contributed by atoms with E-state index in [0.29, 0.717) is 12.5 Å². The zero-order chi connectivity index (χ0) is 16.8. The number of amides is 1. The van der Waals surface area contributed by atoms with Crippen LogP contribution in [0.2, 0.25) is 0 Å². The van der Waals surface area contributed by atoms with Gasteiger partial charge < -0.3 is 10.2 Å². The van der Waals surface area contributed by atoms with Crippen LogP contribution < -0.4 is 5.32 Å². The summed E-state index contributed by atoms with van der Waals surface area (Å²) in [6.07, 6.45) is 6.83. The van der Waals surface area contributed by atoms with Crippen LogP contribution >= 0.6 is 0 Å². The van der Waals surface area contributed by atoms with Crippen LogP contribution in [0.25, 0.3) is 0 Å². The minimum Gasteiger partial charge on any atom is -0.352 e. The summed E-state index contributed by atoms with van der Waals surface area (Å²) in [6.45, 7) is 2.87. The Labute approximate surface area is 143 Å². The number of carbonyl (C=O) groups excluding carboxylic acids is 1. The molecule has 1 aliphatic rings. The second-order valence-electron chi connectivity index (χ2n) is 6.59. The minimum absolute atomic E-state index is 0.00454. The van der Waals surface area contributed by atoms with Crippen molar-refractivity contribution in [1.29, 1.82) is 0 Å². The summed E-state index contributed by atoms with van der Waals surface area (Å²) in [6, 6.07) is 12.1. The van der Waals surface area contributed by atoms with Crippen LogP contribution in [0.4, 0.5) is 0 Å². The Morgan fingerprint density at radius 1 is 1.33 bits per heavy atom. The van der Waals surface area contributed by atoms with Crippen LogP contribution in [-0.4, -0.2) is 42.5 Å². The van der Waals surface area contributed by atoms with E-state index in [9.17, 15) is 4.79 Å². The first-order chi connectivity index (χ1) is 11.7. The molecule has 0 saturated carbocycles. The predicted molar refractivity (Wildman–Crippen MR) is 96.2 cm³/mol. The van der Waals surface area contributed by atoms with Crippen LogP contribution in [0.1, 0.15) is 40.2 Å². The standard InChI is InChI=1S/C20H25N3O/c1-23-12-4-8-19(15-23)17-6-2-7-18(13-17)20(24)22-11-9-16-5-3-10-21-14-16/h2-3,5-7,10,13-14,19H,4,8-9,11-12,15H2,1H3,(H,22,24)/t19-/m1/s1. The zero-order valence-corrected chi connectivity index (χ0v) is 14.2. The highest BCUT2D eigenvalue weighted by Gasteiger charge is 2.19. The molecule has 1 saturated heterocycles. The number of piperidine rings is 1. The third kappa shape index (κ3) is 4.42. The Hall–Kier alpha value is -2.20. The van der Waals surface area contributed by atoms with Crippen LogP contribution in [0.5, 0.6) is 0 Å². The van der Waals surface area contributed by atoms with Crippen molar-refractivity contribution < 1.29 is 4.79 Å². The van der Waals surface area contributed by atoms with Gasteiger partial charge in [-0.2, -0.15) is 0 Å². The van der Waals surface area contributed by atoms with Gasteiger partial charge in [-0.1, -0.05) is 18.2 Å². The Morgan fingerprint density at radius 3 is 3.04 bits per heavy atom. The van der Waals surface area contributed by atoms with Crippen molar-refractivity contribution in [3.8, 4) is 0 Å². The number of rotatable bonds is 5. The van der Waals surface area contributed by atoms with Crippen molar-refractivity contribution >= 4 is 5.91 Å². The summed E-state index contributed by atoms with van der Waals surface area (Å²) in [5.41, 5.74) is 3.17. The Morgan fingerprint density at radius 2 is 2.25 bits per heavy atom. The third-order valence-electron chi connectivity index (χ3n) is 4.67. The van der Waals surface area contributed by atoms with E-state index in [-0.39, 0.29) is 5.91 Å². The van der Waals surface area contributed by atoms with Crippen molar-refractivity contribution in [1.82, 2.24) is 15.2 Å². The van der Waals surface area contributed by atoms with Crippen LogP contribution in [0, 0.1) is 0 Å². The van der Waals surface area contributed by atoms with E-state index in [0.717, 1.165) is 24.1 Å². The second-order valence-corrected chi connectivity index (χ2v) is 6.59. The molecule has 0 aliphatic carbocycles. The highest BCUT2D eigenvalue weighted by molar-refractivity contribution is 5.94. The van der Waals surface area contributed by atoms with E-state index in [1.54, 1.807) is 6.20 Å². The number of nitrogens with zero attached hydrogens (tertiary/aromatic N) is 2. The molecule has 2 aromatic rings. The van der Waals surface area contributed by atoms with Gasteiger partial charge in [0.05, 0.1) is 0 Å². The predicted octanol–water partition coefficient (Wildman–Crippen LogP) is 2.86. The number of likely N-dealkylation sites (tertiary alicyclic amines) is 1. The van der Waals surface area contributed by atoms with Gasteiger partial charge in [0.25, 0.3) is 5.91 Å². The van der Waals surface area contributed by atoms with Crippen molar-refractivity contribution in [2.45, 2.75) is 25.2 Å². The molecule has 3 rings (SSSR count). The zero-order valence-electron chi connectivity index (χ0n) is 14.2. The molecule has 126 valence electrons. The van der Waals surface area contributed by atoms with E-state index in [4.69, 9.17) is 0 Å². The van der Waals surface area contributed by atoms with Gasteiger partial charge in [-0.3, -0.25) is 9.78 Å². The van der Waals surface area contributed by atoms with E-state index >= 15 is 0 Å². The molecule has 1 amide bonds. The molecule has 1 N–H and O–H groups in total. The molecule has 1 fully saturated rings. The van der Waals surface area contributed by atoms with Crippen LogP contribution in [-0.2, 0) is 6.42 Å². The molecule has 1 atom stereocenters. The van der Waals surface area contributed by atoms with Crippen molar-refractivity contribution in [3.63, 3.8) is 0 Å². The molecular formula is C20H25N3O. The number of aromatic nitrogens is 1. The summed E-state index contributed by atoms with van der Waals surface area (Å²) in [5.74, 6) is 0.539. The maximum absolute atomic E-state index is 12.4. The average molecular weight is 323 g/mol. The Kier molecular flexibility index (Phi) is 5.59. The van der Waals surface area contributed by atoms with Crippen LogP contribution in [0.3, 0.4) is 0 Å². The first-order valence-electron chi connectivity index (χ1n) is 8.68. The number of nitrogens with one attached hydrogen (secondary N) is 1. The normalized spacial score (nSPS) is 18.3. The summed E-state index contributed by atoms with van der Waals surface area (Å²) in [4.78, 5) is 18.9. The fraction of sp³-hybridized carbons (Fsp3) is 0.400. The molecule has 2 heterocycles. The first kappa shape index (κ1) is 16.7. The van der Waals surface area contributed by atoms with E-state index in [1.807, 2.05) is 30.5 Å². The third-order valence-corrected chi connectivity index (χ3v) is 4.67. The maximum atomic E-state index is 12.4. The summed E-state index contributed by atoms with van der Waals surface area (Å²) in [7, 11) is 2.17. The smallest absolute Gasteiger partial charge is 0.251 e. The molecular weight excluding hydrogens is 298 g/mol. The lowest BCUT2D eigenvalue weighted by Gasteiger charge is -2.30. The number of pyridine rings is 1. The van der Waals surface area contributed by atoms with Gasteiger partial charge in [0, 0.05) is 31.0 Å². The second kappa shape index (κ2) is 8.06. The van der Waals surface area contributed by atoms with Gasteiger partial charge in [0.15, 0.2) is 0 Å². The fourth-order valence-electron chi connectivity index (χ4n) is 3.34. The van der Waals surface area contributed by atoms with Crippen molar-refractivity contribution in [2.75, 3.05) is 26.7 Å². The molecule has 24 heavy (non-hydrogen) atoms. The molecule has 4 nitrogen and oxygen atoms in total. The van der Waals surface area contributed by atoms with Gasteiger partial charge in [0.1, 0.15) is 0 Å². The van der Waals surface area contributed by atoms with Gasteiger partial charge in [-0.05, 0) is 68.1 Å². The number of hydrogen-bond donors (Lipinski definition) is 1. The minimum atomic E-state index is 0.00454. The van der Waals surface area contributed by atoms with Crippen molar-refractivity contribution in [2.24, 2.45) is 0 Å². The number of likely N-dealkylation sites (N-methyl/N-ethyl adjacent to an activating group) is 1. The molecule has 1 aromatic heterocycles. The monoisotopic (exact) mass is 323 g/mol. The lowest BCUT2D eigenvalue weighted by molar-refractivity contribution is 0.0954. The lowest BCUT2D eigenvalue weighted by atomic mass is 9.90. The van der Waals surface area contributed by atoms with E-state index in [2.05, 4.69) is 34.4 Å². The summed E-state index contributed by atoms with van der Waals surface area (Å²) >= 11 is 0. The molecule has 4 heteroatoms. The van der Waals surface area contributed by atoms with Gasteiger partial charge in [0.2, 0.25) is 0 Å². The average Bonchev–Trinajstić information content (AvgIpc) is 2.63. The Bertz CT molecular complexity index is 672. The summed E-state index contributed by atoms with van der Waals surface area (Å²) in [5, 5.41) is 3.01. The Balaban J connectivity index is 1.57. The summed E-state index contributed by atoms with van der Waals surface area (Å²) < 4.78 is 0. The molecule has 0 spiro atoms. The SMILES string of the molecule is CN1CCC[C@@H](c2cccc(C(=O)NCCc3cccnc3)c2)C1. The van der Waals surface area contributed by atoms with Gasteiger partial charge >= 0.3 is 0 Å². The largest absolute Gasteiger partial charge is 0.352 e. The van der Waals surface area contributed by atoms with E-state index < -0.39 is 0 Å². The molecule has 0 unspecified atom stereocenters. The maximum Gasteiger partial charge on any atom is 0.251 e. The first-order valence-corrected chi connectivity index (χ1v) is 8.68. The molecule has 1 aliphatic heterocycles. The molecule has 0 bridgehead atoms. The quantitative estimate of drug-likeness (QED) is 0.920. The van der Waals surface area contributed by atoms with E-state index in [1.165, 1.54) is 24.9 Å². The van der Waals surface area contributed by atoms with Gasteiger partial charge in [-0.15, -0.1) is 0 Å². The highest BCUT2D eigenvalue weighted by atomic mass is 16.1. The number of carbonyl (C=O) groups is 1. The van der Waals surface area contributed by atoms with Crippen LogP contribution in [0.15, 0.2) is 48.8 Å².